The van der Waals surface area contributed by atoms with Crippen LogP contribution in [0.4, 0.5) is 5.69 Å². The Kier molecular flexibility index (Phi) is 2.97. The van der Waals surface area contributed by atoms with Gasteiger partial charge in [0.15, 0.2) is 5.65 Å². The monoisotopic (exact) mass is 265 g/mol. The third kappa shape index (κ3) is 1.86. The van der Waals surface area contributed by atoms with E-state index < -0.39 is 0 Å². The van der Waals surface area contributed by atoms with E-state index in [4.69, 9.17) is 10.7 Å². The quantitative estimate of drug-likeness (QED) is 0.766. The number of imidazole rings is 1. The average molecular weight is 265 g/mol. The molecule has 0 unspecified atom stereocenters. The first-order valence-electron chi connectivity index (χ1n) is 6.95. The first-order valence-corrected chi connectivity index (χ1v) is 6.95. The summed E-state index contributed by atoms with van der Waals surface area (Å²) >= 11 is 0. The molecular weight excluding hydrogens is 246 g/mol. The van der Waals surface area contributed by atoms with E-state index >= 15 is 0 Å². The van der Waals surface area contributed by atoms with Gasteiger partial charge in [0.25, 0.3) is 0 Å². The Labute approximate surface area is 119 Å². The zero-order valence-electron chi connectivity index (χ0n) is 12.1. The Morgan fingerprint density at radius 2 is 1.80 bits per heavy atom. The molecule has 0 fully saturated rings. The number of nitrogens with zero attached hydrogens (tertiary/aromatic N) is 2. The number of hydrogen-bond acceptors (Lipinski definition) is 2. The third-order valence-electron chi connectivity index (χ3n) is 3.92. The normalized spacial score (nSPS) is 11.2. The van der Waals surface area contributed by atoms with Gasteiger partial charge in [-0.2, -0.15) is 0 Å². The maximum absolute atomic E-state index is 6.14. The van der Waals surface area contributed by atoms with E-state index in [0.29, 0.717) is 0 Å². The van der Waals surface area contributed by atoms with Crippen LogP contribution in [0.2, 0.25) is 0 Å². The van der Waals surface area contributed by atoms with Gasteiger partial charge in [-0.15, -0.1) is 0 Å². The van der Waals surface area contributed by atoms with Crippen LogP contribution in [-0.4, -0.2) is 9.38 Å². The molecule has 2 N–H and O–H groups in total. The zero-order valence-corrected chi connectivity index (χ0v) is 12.1. The largest absolute Gasteiger partial charge is 0.395 e. The average Bonchev–Trinajstić information content (AvgIpc) is 2.81. The van der Waals surface area contributed by atoms with Gasteiger partial charge in [-0.05, 0) is 37.5 Å². The summed E-state index contributed by atoms with van der Waals surface area (Å²) in [6, 6.07) is 10.6. The van der Waals surface area contributed by atoms with Gasteiger partial charge >= 0.3 is 0 Å². The van der Waals surface area contributed by atoms with Crippen molar-refractivity contribution in [1.82, 2.24) is 9.38 Å². The van der Waals surface area contributed by atoms with Crippen molar-refractivity contribution in [1.29, 1.82) is 0 Å². The van der Waals surface area contributed by atoms with Crippen molar-refractivity contribution < 1.29 is 0 Å². The predicted molar refractivity (Wildman–Crippen MR) is 83.9 cm³/mol. The Bertz CT molecular complexity index is 767. The van der Waals surface area contributed by atoms with Crippen LogP contribution in [-0.2, 0) is 6.42 Å². The number of nitrogens with two attached hydrogens (primary N) is 1. The number of nitrogen functional groups attached to an aromatic ring is 1. The van der Waals surface area contributed by atoms with E-state index in [1.54, 1.807) is 0 Å². The summed E-state index contributed by atoms with van der Waals surface area (Å²) in [7, 11) is 0. The molecule has 0 aliphatic heterocycles. The summed E-state index contributed by atoms with van der Waals surface area (Å²) in [6.07, 6.45) is 3.09. The van der Waals surface area contributed by atoms with Gasteiger partial charge in [-0.1, -0.05) is 31.2 Å². The van der Waals surface area contributed by atoms with Gasteiger partial charge in [0.2, 0.25) is 0 Å². The molecule has 0 aliphatic rings. The van der Waals surface area contributed by atoms with E-state index in [0.717, 1.165) is 40.3 Å². The lowest BCUT2D eigenvalue weighted by atomic mass is 10.1. The molecule has 0 aliphatic carbocycles. The van der Waals surface area contributed by atoms with Crippen LogP contribution in [0.3, 0.4) is 0 Å². The minimum absolute atomic E-state index is 0.757. The summed E-state index contributed by atoms with van der Waals surface area (Å²) < 4.78 is 2.06. The maximum Gasteiger partial charge on any atom is 0.161 e. The van der Waals surface area contributed by atoms with Crippen molar-refractivity contribution in [3.05, 3.63) is 53.3 Å². The maximum atomic E-state index is 6.14. The Hall–Kier alpha value is -2.29. The predicted octanol–water partition coefficient (Wildman–Crippen LogP) is 3.76. The minimum atomic E-state index is 0.757. The van der Waals surface area contributed by atoms with Crippen LogP contribution in [0.15, 0.2) is 36.5 Å². The molecule has 0 atom stereocenters. The molecule has 2 aromatic heterocycles. The lowest BCUT2D eigenvalue weighted by Gasteiger charge is -2.02. The molecule has 3 rings (SSSR count). The Morgan fingerprint density at radius 3 is 2.45 bits per heavy atom. The van der Waals surface area contributed by atoms with E-state index in [9.17, 15) is 0 Å². The SMILES string of the molecule is CCc1ccc(-c2nc3c(N)c(C)ccn3c2C)cc1. The number of pyridine rings is 1. The third-order valence-corrected chi connectivity index (χ3v) is 3.92. The lowest BCUT2D eigenvalue weighted by Crippen LogP contribution is -1.96. The van der Waals surface area contributed by atoms with Crippen molar-refractivity contribution >= 4 is 11.3 Å². The fraction of sp³-hybridized carbons (Fsp3) is 0.235. The molecule has 1 aromatic carbocycles. The molecule has 0 amide bonds. The van der Waals surface area contributed by atoms with Gasteiger partial charge in [-0.3, -0.25) is 0 Å². The van der Waals surface area contributed by atoms with E-state index in [1.807, 2.05) is 19.2 Å². The molecule has 0 saturated heterocycles. The minimum Gasteiger partial charge on any atom is -0.395 e. The molecular formula is C17H19N3. The highest BCUT2D eigenvalue weighted by molar-refractivity contribution is 5.75. The second-order valence-electron chi connectivity index (χ2n) is 5.20. The Morgan fingerprint density at radius 1 is 1.10 bits per heavy atom. The molecule has 102 valence electrons. The summed E-state index contributed by atoms with van der Waals surface area (Å²) in [5, 5.41) is 0. The fourth-order valence-corrected chi connectivity index (χ4v) is 2.51. The summed E-state index contributed by atoms with van der Waals surface area (Å²) in [5.74, 6) is 0. The van der Waals surface area contributed by atoms with Crippen molar-refractivity contribution in [2.45, 2.75) is 27.2 Å². The van der Waals surface area contributed by atoms with Gasteiger partial charge in [-0.25, -0.2) is 4.98 Å². The molecule has 0 spiro atoms. The molecule has 3 nitrogen and oxygen atoms in total. The van der Waals surface area contributed by atoms with Crippen molar-refractivity contribution in [2.24, 2.45) is 0 Å². The van der Waals surface area contributed by atoms with E-state index in [2.05, 4.69) is 42.5 Å². The van der Waals surface area contributed by atoms with E-state index in [-0.39, 0.29) is 0 Å². The number of hydrogen-bond donors (Lipinski definition) is 1. The molecule has 20 heavy (non-hydrogen) atoms. The number of aryl methyl sites for hydroxylation is 3. The van der Waals surface area contributed by atoms with Crippen LogP contribution in [0.5, 0.6) is 0 Å². The number of fused-ring (bicyclic) bond motifs is 1. The first kappa shape index (κ1) is 12.7. The highest BCUT2D eigenvalue weighted by atomic mass is 15.0. The lowest BCUT2D eigenvalue weighted by molar-refractivity contribution is 1.10. The number of rotatable bonds is 2. The standard InChI is InChI=1S/C17H19N3/c1-4-13-5-7-14(8-6-13)16-12(3)20-10-9-11(2)15(18)17(20)19-16/h5-10H,4,18H2,1-3H3. The van der Waals surface area contributed by atoms with Gasteiger partial charge in [0, 0.05) is 17.5 Å². The van der Waals surface area contributed by atoms with Crippen LogP contribution < -0.4 is 5.73 Å². The number of anilines is 1. The second-order valence-corrected chi connectivity index (χ2v) is 5.20. The van der Waals surface area contributed by atoms with E-state index in [1.165, 1.54) is 5.56 Å². The van der Waals surface area contributed by atoms with Gasteiger partial charge in [0.1, 0.15) is 0 Å². The van der Waals surface area contributed by atoms with Gasteiger partial charge in [0.05, 0.1) is 11.4 Å². The summed E-state index contributed by atoms with van der Waals surface area (Å²) in [5.41, 5.74) is 13.4. The van der Waals surface area contributed by atoms with Crippen LogP contribution in [0.1, 0.15) is 23.7 Å². The number of benzene rings is 1. The fourth-order valence-electron chi connectivity index (χ4n) is 2.51. The molecule has 0 bridgehead atoms. The highest BCUT2D eigenvalue weighted by Crippen LogP contribution is 2.27. The molecule has 3 aromatic rings. The second kappa shape index (κ2) is 4.67. The molecule has 3 heteroatoms. The molecule has 0 saturated carbocycles. The summed E-state index contributed by atoms with van der Waals surface area (Å²) in [4.78, 5) is 4.74. The summed E-state index contributed by atoms with van der Waals surface area (Å²) in [6.45, 7) is 6.25. The molecule has 0 radical (unpaired) electrons. The Balaban J connectivity index is 2.20. The van der Waals surface area contributed by atoms with Crippen molar-refractivity contribution in [3.63, 3.8) is 0 Å². The smallest absolute Gasteiger partial charge is 0.161 e. The van der Waals surface area contributed by atoms with Crippen molar-refractivity contribution in [3.8, 4) is 11.3 Å². The zero-order chi connectivity index (χ0) is 14.3. The molecule has 2 heterocycles. The number of aromatic nitrogens is 2. The van der Waals surface area contributed by atoms with Crippen LogP contribution >= 0.6 is 0 Å². The van der Waals surface area contributed by atoms with Crippen LogP contribution in [0, 0.1) is 13.8 Å². The first-order chi connectivity index (χ1) is 9.61. The van der Waals surface area contributed by atoms with Crippen LogP contribution in [0.25, 0.3) is 16.9 Å². The highest BCUT2D eigenvalue weighted by Gasteiger charge is 2.13. The van der Waals surface area contributed by atoms with Crippen molar-refractivity contribution in [2.75, 3.05) is 5.73 Å². The topological polar surface area (TPSA) is 43.3 Å². The van der Waals surface area contributed by atoms with Gasteiger partial charge < -0.3 is 10.1 Å².